The van der Waals surface area contributed by atoms with Crippen LogP contribution >= 0.6 is 0 Å². The van der Waals surface area contributed by atoms with E-state index in [1.807, 2.05) is 36.4 Å². The molecule has 0 aliphatic carbocycles. The van der Waals surface area contributed by atoms with Crippen molar-refractivity contribution in [2.75, 3.05) is 12.1 Å². The van der Waals surface area contributed by atoms with Gasteiger partial charge in [0.25, 0.3) is 5.91 Å². The van der Waals surface area contributed by atoms with Gasteiger partial charge in [-0.25, -0.2) is 0 Å². The van der Waals surface area contributed by atoms with Crippen LogP contribution in [-0.4, -0.2) is 27.8 Å². The molecule has 3 aromatic rings. The molecule has 0 bridgehead atoms. The Balaban J connectivity index is 1.56. The Labute approximate surface area is 166 Å². The van der Waals surface area contributed by atoms with Crippen LogP contribution in [0.1, 0.15) is 27.7 Å². The fraction of sp³-hybridized carbons (Fsp3) is 0.136. The standard InChI is InChI=1S/C22H18N2O5/c25-14-6-7-16(18(26)10-14)21-23-17-4-2-1-3-15(17)22(27)24(21)11-13-5-8-19-20(9-13)29-12-28-19/h1-10,21,23,25-26H,11-12H2/t21-/m1/s1. The zero-order valence-electron chi connectivity index (χ0n) is 15.3. The molecule has 0 saturated carbocycles. The van der Waals surface area contributed by atoms with E-state index in [4.69, 9.17) is 9.47 Å². The number of aromatic hydroxyl groups is 2. The molecule has 0 spiro atoms. The number of rotatable bonds is 3. The third-order valence-corrected chi connectivity index (χ3v) is 5.12. The van der Waals surface area contributed by atoms with Gasteiger partial charge in [-0.05, 0) is 42.0 Å². The predicted molar refractivity (Wildman–Crippen MR) is 105 cm³/mol. The minimum absolute atomic E-state index is 0.0453. The summed E-state index contributed by atoms with van der Waals surface area (Å²) in [5.74, 6) is 1.02. The maximum Gasteiger partial charge on any atom is 0.258 e. The Hall–Kier alpha value is -3.87. The van der Waals surface area contributed by atoms with Gasteiger partial charge in [-0.15, -0.1) is 0 Å². The van der Waals surface area contributed by atoms with Gasteiger partial charge in [-0.3, -0.25) is 4.79 Å². The van der Waals surface area contributed by atoms with E-state index in [9.17, 15) is 15.0 Å². The number of amides is 1. The van der Waals surface area contributed by atoms with Gasteiger partial charge in [0.15, 0.2) is 11.5 Å². The number of phenolic OH excluding ortho intramolecular Hbond substituents is 2. The molecule has 1 amide bonds. The van der Waals surface area contributed by atoms with Gasteiger partial charge >= 0.3 is 0 Å². The number of ether oxygens (including phenoxy) is 2. The molecule has 0 unspecified atom stereocenters. The van der Waals surface area contributed by atoms with Gasteiger partial charge in [-0.2, -0.15) is 0 Å². The van der Waals surface area contributed by atoms with Crippen LogP contribution < -0.4 is 14.8 Å². The monoisotopic (exact) mass is 390 g/mol. The molecule has 2 heterocycles. The second kappa shape index (κ2) is 6.63. The van der Waals surface area contributed by atoms with Crippen molar-refractivity contribution in [2.45, 2.75) is 12.7 Å². The SMILES string of the molecule is O=C1c2ccccc2N[C@@H](c2ccc(O)cc2O)N1Cc1ccc2c(c1)OCO2. The van der Waals surface area contributed by atoms with Crippen molar-refractivity contribution >= 4 is 11.6 Å². The van der Waals surface area contributed by atoms with E-state index in [1.54, 1.807) is 17.0 Å². The summed E-state index contributed by atoms with van der Waals surface area (Å²) in [6.45, 7) is 0.474. The van der Waals surface area contributed by atoms with E-state index in [2.05, 4.69) is 5.32 Å². The van der Waals surface area contributed by atoms with Crippen molar-refractivity contribution in [1.29, 1.82) is 0 Å². The molecule has 7 heteroatoms. The number of fused-ring (bicyclic) bond motifs is 2. The third-order valence-electron chi connectivity index (χ3n) is 5.12. The summed E-state index contributed by atoms with van der Waals surface area (Å²) in [5, 5.41) is 23.4. The molecule has 3 aromatic carbocycles. The van der Waals surface area contributed by atoms with Crippen LogP contribution in [0.25, 0.3) is 0 Å². The van der Waals surface area contributed by atoms with E-state index in [-0.39, 0.29) is 24.2 Å². The topological polar surface area (TPSA) is 91.3 Å². The van der Waals surface area contributed by atoms with Gasteiger partial charge in [0.1, 0.15) is 17.7 Å². The molecular weight excluding hydrogens is 372 g/mol. The molecule has 0 aromatic heterocycles. The molecule has 2 aliphatic heterocycles. The van der Waals surface area contributed by atoms with Crippen LogP contribution in [0.15, 0.2) is 60.7 Å². The summed E-state index contributed by atoms with van der Waals surface area (Å²) < 4.78 is 10.8. The Morgan fingerprint density at radius 3 is 2.69 bits per heavy atom. The number of phenols is 2. The number of nitrogens with zero attached hydrogens (tertiary/aromatic N) is 1. The quantitative estimate of drug-likeness (QED) is 0.633. The Kier molecular flexibility index (Phi) is 3.94. The molecule has 29 heavy (non-hydrogen) atoms. The highest BCUT2D eigenvalue weighted by Crippen LogP contribution is 2.39. The lowest BCUT2D eigenvalue weighted by Crippen LogP contribution is -2.42. The highest BCUT2D eigenvalue weighted by Gasteiger charge is 2.34. The molecule has 0 radical (unpaired) electrons. The first-order chi connectivity index (χ1) is 14.1. The van der Waals surface area contributed by atoms with Crippen LogP contribution in [0.5, 0.6) is 23.0 Å². The first-order valence-corrected chi connectivity index (χ1v) is 9.17. The van der Waals surface area contributed by atoms with Crippen molar-refractivity contribution in [2.24, 2.45) is 0 Å². The van der Waals surface area contributed by atoms with E-state index in [0.717, 1.165) is 5.56 Å². The lowest BCUT2D eigenvalue weighted by Gasteiger charge is -2.38. The lowest BCUT2D eigenvalue weighted by molar-refractivity contribution is 0.0664. The number of anilines is 1. The minimum atomic E-state index is -0.608. The van der Waals surface area contributed by atoms with E-state index in [0.29, 0.717) is 34.9 Å². The van der Waals surface area contributed by atoms with Crippen LogP contribution in [0.4, 0.5) is 5.69 Å². The third kappa shape index (κ3) is 2.97. The number of carbonyl (C=O) groups is 1. The lowest BCUT2D eigenvalue weighted by atomic mass is 10.0. The van der Waals surface area contributed by atoms with Crippen molar-refractivity contribution in [3.05, 3.63) is 77.4 Å². The molecule has 0 fully saturated rings. The van der Waals surface area contributed by atoms with Gasteiger partial charge in [0.2, 0.25) is 6.79 Å². The minimum Gasteiger partial charge on any atom is -0.508 e. The first-order valence-electron chi connectivity index (χ1n) is 9.17. The zero-order chi connectivity index (χ0) is 20.0. The average Bonchev–Trinajstić information content (AvgIpc) is 3.18. The molecule has 2 aliphatic rings. The van der Waals surface area contributed by atoms with E-state index in [1.165, 1.54) is 12.1 Å². The summed E-state index contributed by atoms with van der Waals surface area (Å²) in [6.07, 6.45) is -0.608. The number of hydrogen-bond acceptors (Lipinski definition) is 6. The smallest absolute Gasteiger partial charge is 0.258 e. The van der Waals surface area contributed by atoms with Crippen molar-refractivity contribution in [3.8, 4) is 23.0 Å². The van der Waals surface area contributed by atoms with Crippen molar-refractivity contribution in [1.82, 2.24) is 4.90 Å². The maximum absolute atomic E-state index is 13.3. The molecule has 5 rings (SSSR count). The van der Waals surface area contributed by atoms with Crippen molar-refractivity contribution < 1.29 is 24.5 Å². The number of benzene rings is 3. The van der Waals surface area contributed by atoms with Crippen molar-refractivity contribution in [3.63, 3.8) is 0 Å². The normalized spacial score (nSPS) is 17.0. The Morgan fingerprint density at radius 2 is 1.83 bits per heavy atom. The summed E-state index contributed by atoms with van der Waals surface area (Å²) in [6, 6.07) is 17.2. The summed E-state index contributed by atoms with van der Waals surface area (Å²) >= 11 is 0. The van der Waals surface area contributed by atoms with E-state index >= 15 is 0 Å². The maximum atomic E-state index is 13.3. The number of para-hydroxylation sites is 1. The van der Waals surface area contributed by atoms with Gasteiger partial charge in [0.05, 0.1) is 5.56 Å². The van der Waals surface area contributed by atoms with Crippen LogP contribution in [0.3, 0.4) is 0 Å². The highest BCUT2D eigenvalue weighted by molar-refractivity contribution is 6.01. The predicted octanol–water partition coefficient (Wildman–Crippen LogP) is 3.59. The summed E-state index contributed by atoms with van der Waals surface area (Å²) in [7, 11) is 0. The summed E-state index contributed by atoms with van der Waals surface area (Å²) in [4.78, 5) is 15.0. The second-order valence-corrected chi connectivity index (χ2v) is 6.96. The molecular formula is C22H18N2O5. The second-order valence-electron chi connectivity index (χ2n) is 6.96. The van der Waals surface area contributed by atoms with Crippen LogP contribution in [-0.2, 0) is 6.54 Å². The van der Waals surface area contributed by atoms with Crippen LogP contribution in [0.2, 0.25) is 0 Å². The van der Waals surface area contributed by atoms with Crippen LogP contribution in [0, 0.1) is 0 Å². The number of carbonyl (C=O) groups excluding carboxylic acids is 1. The van der Waals surface area contributed by atoms with Gasteiger partial charge in [-0.1, -0.05) is 18.2 Å². The Bertz CT molecular complexity index is 1110. The molecule has 0 saturated heterocycles. The van der Waals surface area contributed by atoms with E-state index < -0.39 is 6.17 Å². The number of nitrogens with one attached hydrogen (secondary N) is 1. The Morgan fingerprint density at radius 1 is 1.00 bits per heavy atom. The molecule has 1 atom stereocenters. The highest BCUT2D eigenvalue weighted by atomic mass is 16.7. The first kappa shape index (κ1) is 17.2. The zero-order valence-corrected chi connectivity index (χ0v) is 15.3. The fourth-order valence-electron chi connectivity index (χ4n) is 3.70. The summed E-state index contributed by atoms with van der Waals surface area (Å²) in [5.41, 5.74) is 2.61. The average molecular weight is 390 g/mol. The molecule has 7 nitrogen and oxygen atoms in total. The number of hydrogen-bond donors (Lipinski definition) is 3. The molecule has 3 N–H and O–H groups in total. The van der Waals surface area contributed by atoms with Gasteiger partial charge < -0.3 is 29.9 Å². The molecule has 146 valence electrons. The van der Waals surface area contributed by atoms with Gasteiger partial charge in [0, 0.05) is 23.9 Å². The fourth-order valence-corrected chi connectivity index (χ4v) is 3.70. The largest absolute Gasteiger partial charge is 0.508 e.